The lowest BCUT2D eigenvalue weighted by Gasteiger charge is -2.08. The summed E-state index contributed by atoms with van der Waals surface area (Å²) in [5.41, 5.74) is 1.41. The molecule has 3 aromatic rings. The maximum atomic E-state index is 12.7. The van der Waals surface area contributed by atoms with Gasteiger partial charge in [0, 0.05) is 0 Å². The number of amides is 1. The second kappa shape index (κ2) is 6.24. The highest BCUT2D eigenvalue weighted by molar-refractivity contribution is 7.22. The van der Waals surface area contributed by atoms with E-state index in [-0.39, 0.29) is 6.42 Å². The van der Waals surface area contributed by atoms with Gasteiger partial charge in [0.15, 0.2) is 5.13 Å². The third-order valence-corrected chi connectivity index (χ3v) is 4.34. The zero-order valence-electron chi connectivity index (χ0n) is 12.6. The van der Waals surface area contributed by atoms with Gasteiger partial charge in [-0.25, -0.2) is 4.98 Å². The van der Waals surface area contributed by atoms with Crippen LogP contribution < -0.4 is 5.32 Å². The quantitative estimate of drug-likeness (QED) is 0.737. The Balaban J connectivity index is 1.73. The Labute approximate surface area is 140 Å². The number of hydrogen-bond acceptors (Lipinski definition) is 3. The molecule has 24 heavy (non-hydrogen) atoms. The molecule has 1 heterocycles. The molecule has 0 fully saturated rings. The number of benzene rings is 2. The summed E-state index contributed by atoms with van der Waals surface area (Å²) in [4.78, 5) is 16.4. The number of halogens is 3. The van der Waals surface area contributed by atoms with E-state index in [0.717, 1.165) is 27.9 Å². The van der Waals surface area contributed by atoms with Crippen LogP contribution in [0.25, 0.3) is 10.2 Å². The number of anilines is 1. The van der Waals surface area contributed by atoms with Crippen molar-refractivity contribution in [2.24, 2.45) is 0 Å². The Bertz CT molecular complexity index is 902. The summed E-state index contributed by atoms with van der Waals surface area (Å²) < 4.78 is 39.0. The van der Waals surface area contributed by atoms with Crippen LogP contribution in [-0.4, -0.2) is 10.9 Å². The Morgan fingerprint density at radius 2 is 2.00 bits per heavy atom. The third-order valence-electron chi connectivity index (χ3n) is 3.41. The van der Waals surface area contributed by atoms with Crippen LogP contribution >= 0.6 is 11.3 Å². The summed E-state index contributed by atoms with van der Waals surface area (Å²) in [6.45, 7) is 1.96. The van der Waals surface area contributed by atoms with Crippen LogP contribution in [0.1, 0.15) is 16.7 Å². The van der Waals surface area contributed by atoms with Crippen LogP contribution in [-0.2, 0) is 17.4 Å². The Hall–Kier alpha value is -2.41. The average Bonchev–Trinajstić information content (AvgIpc) is 2.87. The predicted octanol–water partition coefficient (Wildman–Crippen LogP) is 4.80. The summed E-state index contributed by atoms with van der Waals surface area (Å²) in [5, 5.41) is 3.08. The maximum absolute atomic E-state index is 12.7. The summed E-state index contributed by atoms with van der Waals surface area (Å²) in [5.74, 6) is -0.398. The molecule has 2 aromatic carbocycles. The number of nitrogens with zero attached hydrogens (tertiary/aromatic N) is 1. The second-order valence-electron chi connectivity index (χ2n) is 5.41. The Kier molecular flexibility index (Phi) is 4.28. The van der Waals surface area contributed by atoms with Gasteiger partial charge in [-0.2, -0.15) is 13.2 Å². The Morgan fingerprint density at radius 1 is 1.21 bits per heavy atom. The number of aryl methyl sites for hydroxylation is 1. The molecule has 0 spiro atoms. The molecule has 1 aromatic heterocycles. The molecule has 0 unspecified atom stereocenters. The smallest absolute Gasteiger partial charge is 0.302 e. The summed E-state index contributed by atoms with van der Waals surface area (Å²) in [6, 6.07) is 10.5. The zero-order valence-corrected chi connectivity index (χ0v) is 13.5. The van der Waals surface area contributed by atoms with Crippen molar-refractivity contribution in [1.82, 2.24) is 4.98 Å². The van der Waals surface area contributed by atoms with Gasteiger partial charge in [0.25, 0.3) is 0 Å². The minimum atomic E-state index is -4.42. The molecule has 3 rings (SSSR count). The summed E-state index contributed by atoms with van der Waals surface area (Å²) in [7, 11) is 0. The van der Waals surface area contributed by atoms with Crippen molar-refractivity contribution in [3.63, 3.8) is 0 Å². The van der Waals surface area contributed by atoms with Crippen LogP contribution in [0.15, 0.2) is 42.5 Å². The largest absolute Gasteiger partial charge is 0.416 e. The van der Waals surface area contributed by atoms with E-state index in [1.54, 1.807) is 0 Å². The van der Waals surface area contributed by atoms with Crippen molar-refractivity contribution in [3.05, 3.63) is 59.2 Å². The van der Waals surface area contributed by atoms with Gasteiger partial charge in [0.2, 0.25) is 5.91 Å². The van der Waals surface area contributed by atoms with Crippen LogP contribution in [0, 0.1) is 6.92 Å². The molecule has 0 aliphatic rings. The fourth-order valence-corrected chi connectivity index (χ4v) is 3.27. The molecule has 0 bridgehead atoms. The number of rotatable bonds is 3. The standard InChI is InChI=1S/C17H13F3N2OS/c1-10-5-6-13-14(7-10)24-16(21-13)22-15(23)9-11-3-2-4-12(8-11)17(18,19)20/h2-8H,9H2,1H3,(H,21,22,23). The number of carbonyl (C=O) groups excluding carboxylic acids is 1. The normalized spacial score (nSPS) is 11.7. The summed E-state index contributed by atoms with van der Waals surface area (Å²) >= 11 is 1.33. The molecular formula is C17H13F3N2OS. The highest BCUT2D eigenvalue weighted by atomic mass is 32.1. The molecule has 0 saturated carbocycles. The molecule has 7 heteroatoms. The first-order valence-corrected chi connectivity index (χ1v) is 7.96. The average molecular weight is 350 g/mol. The lowest BCUT2D eigenvalue weighted by Crippen LogP contribution is -2.15. The second-order valence-corrected chi connectivity index (χ2v) is 6.44. The topological polar surface area (TPSA) is 42.0 Å². The van der Waals surface area contributed by atoms with Gasteiger partial charge >= 0.3 is 6.18 Å². The van der Waals surface area contributed by atoms with E-state index in [2.05, 4.69) is 10.3 Å². The summed E-state index contributed by atoms with van der Waals surface area (Å²) in [6.07, 6.45) is -4.56. The van der Waals surface area contributed by atoms with Crippen molar-refractivity contribution >= 4 is 32.6 Å². The van der Waals surface area contributed by atoms with E-state index in [9.17, 15) is 18.0 Å². The maximum Gasteiger partial charge on any atom is 0.416 e. The molecule has 0 aliphatic heterocycles. The van der Waals surface area contributed by atoms with Crippen LogP contribution in [0.5, 0.6) is 0 Å². The highest BCUT2D eigenvalue weighted by Crippen LogP contribution is 2.30. The van der Waals surface area contributed by atoms with E-state index in [4.69, 9.17) is 0 Å². The van der Waals surface area contributed by atoms with Gasteiger partial charge < -0.3 is 5.32 Å². The predicted molar refractivity (Wildman–Crippen MR) is 88.1 cm³/mol. The highest BCUT2D eigenvalue weighted by Gasteiger charge is 2.30. The van der Waals surface area contributed by atoms with Crippen molar-refractivity contribution < 1.29 is 18.0 Å². The van der Waals surface area contributed by atoms with Crippen LogP contribution in [0.2, 0.25) is 0 Å². The van der Waals surface area contributed by atoms with Gasteiger partial charge in [-0.05, 0) is 36.2 Å². The van der Waals surface area contributed by atoms with E-state index >= 15 is 0 Å². The van der Waals surface area contributed by atoms with Gasteiger partial charge in [-0.1, -0.05) is 35.6 Å². The zero-order chi connectivity index (χ0) is 17.3. The number of nitrogens with one attached hydrogen (secondary N) is 1. The number of aromatic nitrogens is 1. The number of hydrogen-bond donors (Lipinski definition) is 1. The van der Waals surface area contributed by atoms with E-state index in [1.165, 1.54) is 23.5 Å². The molecule has 0 radical (unpaired) electrons. The van der Waals surface area contributed by atoms with Gasteiger partial charge in [-0.3, -0.25) is 4.79 Å². The number of thiazole rings is 1. The first-order valence-electron chi connectivity index (χ1n) is 7.14. The Morgan fingerprint density at radius 3 is 2.75 bits per heavy atom. The van der Waals surface area contributed by atoms with E-state index in [1.807, 2.05) is 25.1 Å². The van der Waals surface area contributed by atoms with Crippen molar-refractivity contribution in [3.8, 4) is 0 Å². The molecule has 0 aliphatic carbocycles. The molecule has 124 valence electrons. The van der Waals surface area contributed by atoms with Gasteiger partial charge in [0.05, 0.1) is 22.2 Å². The number of carbonyl (C=O) groups is 1. The van der Waals surface area contributed by atoms with Crippen molar-refractivity contribution in [2.75, 3.05) is 5.32 Å². The third kappa shape index (κ3) is 3.73. The van der Waals surface area contributed by atoms with E-state index < -0.39 is 17.6 Å². The molecule has 3 nitrogen and oxygen atoms in total. The van der Waals surface area contributed by atoms with Crippen LogP contribution in [0.3, 0.4) is 0 Å². The van der Waals surface area contributed by atoms with Crippen LogP contribution in [0.4, 0.5) is 18.3 Å². The van der Waals surface area contributed by atoms with Crippen molar-refractivity contribution in [2.45, 2.75) is 19.5 Å². The number of alkyl halides is 3. The molecular weight excluding hydrogens is 337 g/mol. The van der Waals surface area contributed by atoms with Gasteiger partial charge in [-0.15, -0.1) is 0 Å². The SMILES string of the molecule is Cc1ccc2nc(NC(=O)Cc3cccc(C(F)(F)F)c3)sc2c1. The lowest BCUT2D eigenvalue weighted by atomic mass is 10.1. The first kappa shape index (κ1) is 16.4. The van der Waals surface area contributed by atoms with Gasteiger partial charge in [0.1, 0.15) is 0 Å². The monoisotopic (exact) mass is 350 g/mol. The fourth-order valence-electron chi connectivity index (χ4n) is 2.29. The molecule has 1 N–H and O–H groups in total. The minimum Gasteiger partial charge on any atom is -0.302 e. The number of fused-ring (bicyclic) bond motifs is 1. The van der Waals surface area contributed by atoms with E-state index in [0.29, 0.717) is 10.7 Å². The van der Waals surface area contributed by atoms with Crippen molar-refractivity contribution in [1.29, 1.82) is 0 Å². The fraction of sp³-hybridized carbons (Fsp3) is 0.176. The molecule has 0 saturated heterocycles. The first-order chi connectivity index (χ1) is 11.3. The minimum absolute atomic E-state index is 0.140. The molecule has 0 atom stereocenters. The lowest BCUT2D eigenvalue weighted by molar-refractivity contribution is -0.137. The molecule has 1 amide bonds.